The van der Waals surface area contributed by atoms with Crippen molar-refractivity contribution in [2.45, 2.75) is 46.1 Å². The third-order valence-electron chi connectivity index (χ3n) is 3.31. The van der Waals surface area contributed by atoms with Crippen molar-refractivity contribution in [1.29, 1.82) is 0 Å². The molecular formula is C16H27NO. The Morgan fingerprint density at radius 1 is 1.22 bits per heavy atom. The molecule has 1 rings (SSSR count). The SMILES string of the molecule is CNC(COc1cccc(C(C)(C)C)c1)C(C)C. The van der Waals surface area contributed by atoms with E-state index in [-0.39, 0.29) is 5.41 Å². The van der Waals surface area contributed by atoms with Gasteiger partial charge in [0.25, 0.3) is 0 Å². The van der Waals surface area contributed by atoms with Crippen LogP contribution in [0.2, 0.25) is 0 Å². The minimum Gasteiger partial charge on any atom is -0.492 e. The van der Waals surface area contributed by atoms with E-state index >= 15 is 0 Å². The van der Waals surface area contributed by atoms with E-state index in [9.17, 15) is 0 Å². The average Bonchev–Trinajstić information content (AvgIpc) is 2.28. The third kappa shape index (κ3) is 4.34. The first-order valence-electron chi connectivity index (χ1n) is 6.75. The van der Waals surface area contributed by atoms with E-state index in [4.69, 9.17) is 4.74 Å². The fourth-order valence-electron chi connectivity index (χ4n) is 1.85. The second kappa shape index (κ2) is 6.24. The summed E-state index contributed by atoms with van der Waals surface area (Å²) in [6, 6.07) is 8.79. The van der Waals surface area contributed by atoms with Crippen LogP contribution in [-0.4, -0.2) is 19.7 Å². The number of ether oxygens (including phenoxy) is 1. The maximum absolute atomic E-state index is 5.89. The molecule has 2 nitrogen and oxygen atoms in total. The minimum absolute atomic E-state index is 0.166. The van der Waals surface area contributed by atoms with Crippen LogP contribution < -0.4 is 10.1 Å². The largest absolute Gasteiger partial charge is 0.492 e. The highest BCUT2D eigenvalue weighted by atomic mass is 16.5. The highest BCUT2D eigenvalue weighted by Crippen LogP contribution is 2.25. The Morgan fingerprint density at radius 3 is 2.39 bits per heavy atom. The lowest BCUT2D eigenvalue weighted by Crippen LogP contribution is -2.36. The summed E-state index contributed by atoms with van der Waals surface area (Å²) in [5.41, 5.74) is 1.48. The Hall–Kier alpha value is -1.02. The highest BCUT2D eigenvalue weighted by Gasteiger charge is 2.15. The van der Waals surface area contributed by atoms with Gasteiger partial charge in [0.2, 0.25) is 0 Å². The smallest absolute Gasteiger partial charge is 0.119 e. The topological polar surface area (TPSA) is 21.3 Å². The van der Waals surface area contributed by atoms with Gasteiger partial charge in [0.05, 0.1) is 0 Å². The highest BCUT2D eigenvalue weighted by molar-refractivity contribution is 5.32. The van der Waals surface area contributed by atoms with Gasteiger partial charge in [0, 0.05) is 6.04 Å². The molecule has 1 aromatic carbocycles. The molecule has 1 N–H and O–H groups in total. The molecule has 0 bridgehead atoms. The molecular weight excluding hydrogens is 222 g/mol. The first-order chi connectivity index (χ1) is 8.34. The molecule has 102 valence electrons. The molecule has 0 aliphatic rings. The fraction of sp³-hybridized carbons (Fsp3) is 0.625. The van der Waals surface area contributed by atoms with Crippen molar-refractivity contribution in [1.82, 2.24) is 5.32 Å². The lowest BCUT2D eigenvalue weighted by atomic mass is 9.87. The lowest BCUT2D eigenvalue weighted by Gasteiger charge is -2.22. The van der Waals surface area contributed by atoms with Crippen LogP contribution in [0.3, 0.4) is 0 Å². The van der Waals surface area contributed by atoms with Gasteiger partial charge in [-0.05, 0) is 36.1 Å². The third-order valence-corrected chi connectivity index (χ3v) is 3.31. The van der Waals surface area contributed by atoms with Crippen molar-refractivity contribution in [3.05, 3.63) is 29.8 Å². The second-order valence-corrected chi connectivity index (χ2v) is 6.23. The molecule has 0 radical (unpaired) electrons. The van der Waals surface area contributed by atoms with Crippen molar-refractivity contribution in [3.63, 3.8) is 0 Å². The Morgan fingerprint density at radius 2 is 1.89 bits per heavy atom. The number of hydrogen-bond acceptors (Lipinski definition) is 2. The monoisotopic (exact) mass is 249 g/mol. The molecule has 0 fully saturated rings. The first kappa shape index (κ1) is 15.0. The maximum atomic E-state index is 5.89. The summed E-state index contributed by atoms with van der Waals surface area (Å²) in [7, 11) is 1.99. The number of hydrogen-bond donors (Lipinski definition) is 1. The van der Waals surface area contributed by atoms with Crippen molar-refractivity contribution < 1.29 is 4.74 Å². The average molecular weight is 249 g/mol. The van der Waals surface area contributed by atoms with E-state index in [2.05, 4.69) is 58.1 Å². The van der Waals surface area contributed by atoms with Crippen LogP contribution in [0.1, 0.15) is 40.2 Å². The molecule has 0 aliphatic heterocycles. The van der Waals surface area contributed by atoms with Gasteiger partial charge in [0.1, 0.15) is 12.4 Å². The van der Waals surface area contributed by atoms with Gasteiger partial charge in [-0.3, -0.25) is 0 Å². The maximum Gasteiger partial charge on any atom is 0.119 e. The summed E-state index contributed by atoms with van der Waals surface area (Å²) in [6.45, 7) is 11.8. The second-order valence-electron chi connectivity index (χ2n) is 6.23. The van der Waals surface area contributed by atoms with Crippen LogP contribution in [0.5, 0.6) is 5.75 Å². The molecule has 18 heavy (non-hydrogen) atoms. The van der Waals surface area contributed by atoms with E-state index < -0.39 is 0 Å². The van der Waals surface area contributed by atoms with Gasteiger partial charge in [-0.25, -0.2) is 0 Å². The van der Waals surface area contributed by atoms with E-state index in [0.717, 1.165) is 5.75 Å². The zero-order chi connectivity index (χ0) is 13.8. The van der Waals surface area contributed by atoms with Crippen molar-refractivity contribution in [2.75, 3.05) is 13.7 Å². The Balaban J connectivity index is 2.68. The van der Waals surface area contributed by atoms with Crippen molar-refractivity contribution in [3.8, 4) is 5.75 Å². The lowest BCUT2D eigenvalue weighted by molar-refractivity contribution is 0.237. The molecule has 0 saturated carbocycles. The van der Waals surface area contributed by atoms with Gasteiger partial charge in [-0.1, -0.05) is 46.8 Å². The van der Waals surface area contributed by atoms with Crippen LogP contribution in [0.25, 0.3) is 0 Å². The van der Waals surface area contributed by atoms with Gasteiger partial charge < -0.3 is 10.1 Å². The molecule has 0 saturated heterocycles. The summed E-state index contributed by atoms with van der Waals surface area (Å²) in [4.78, 5) is 0. The number of rotatable bonds is 5. The molecule has 0 amide bonds. The van der Waals surface area contributed by atoms with E-state index in [0.29, 0.717) is 18.6 Å². The summed E-state index contributed by atoms with van der Waals surface area (Å²) >= 11 is 0. The molecule has 0 heterocycles. The van der Waals surface area contributed by atoms with Crippen LogP contribution >= 0.6 is 0 Å². The molecule has 1 unspecified atom stereocenters. The molecule has 0 aliphatic carbocycles. The first-order valence-corrected chi connectivity index (χ1v) is 6.75. The molecule has 1 aromatic rings. The Bertz CT molecular complexity index is 366. The zero-order valence-electron chi connectivity index (χ0n) is 12.6. The predicted molar refractivity (Wildman–Crippen MR) is 78.3 cm³/mol. The Kier molecular flexibility index (Phi) is 5.21. The summed E-state index contributed by atoms with van der Waals surface area (Å²) < 4.78 is 5.89. The predicted octanol–water partition coefficient (Wildman–Crippen LogP) is 3.61. The molecule has 2 heteroatoms. The molecule has 1 atom stereocenters. The summed E-state index contributed by atoms with van der Waals surface area (Å²) in [5.74, 6) is 1.53. The van der Waals surface area contributed by atoms with Gasteiger partial charge in [-0.2, -0.15) is 0 Å². The number of benzene rings is 1. The van der Waals surface area contributed by atoms with Crippen LogP contribution in [0.4, 0.5) is 0 Å². The molecule has 0 aromatic heterocycles. The van der Waals surface area contributed by atoms with Crippen LogP contribution in [0.15, 0.2) is 24.3 Å². The normalized spacial score (nSPS) is 13.7. The number of nitrogens with one attached hydrogen (secondary N) is 1. The van der Waals surface area contributed by atoms with Gasteiger partial charge >= 0.3 is 0 Å². The summed E-state index contributed by atoms with van der Waals surface area (Å²) in [6.07, 6.45) is 0. The van der Waals surface area contributed by atoms with E-state index in [1.807, 2.05) is 13.1 Å². The van der Waals surface area contributed by atoms with Crippen LogP contribution in [0, 0.1) is 5.92 Å². The van der Waals surface area contributed by atoms with Gasteiger partial charge in [0.15, 0.2) is 0 Å². The van der Waals surface area contributed by atoms with Crippen molar-refractivity contribution in [2.24, 2.45) is 5.92 Å². The number of likely N-dealkylation sites (N-methyl/N-ethyl adjacent to an activating group) is 1. The fourth-order valence-corrected chi connectivity index (χ4v) is 1.85. The quantitative estimate of drug-likeness (QED) is 0.861. The zero-order valence-corrected chi connectivity index (χ0v) is 12.6. The van der Waals surface area contributed by atoms with Gasteiger partial charge in [-0.15, -0.1) is 0 Å². The van der Waals surface area contributed by atoms with E-state index in [1.54, 1.807) is 0 Å². The standard InChI is InChI=1S/C16H27NO/c1-12(2)15(17-6)11-18-14-9-7-8-13(10-14)16(3,4)5/h7-10,12,15,17H,11H2,1-6H3. The van der Waals surface area contributed by atoms with Crippen molar-refractivity contribution >= 4 is 0 Å². The van der Waals surface area contributed by atoms with Crippen LogP contribution in [-0.2, 0) is 5.41 Å². The van der Waals surface area contributed by atoms with E-state index in [1.165, 1.54) is 5.56 Å². The minimum atomic E-state index is 0.166. The molecule has 0 spiro atoms. The Labute approximate surface area is 112 Å². The summed E-state index contributed by atoms with van der Waals surface area (Å²) in [5, 5.41) is 3.29.